The van der Waals surface area contributed by atoms with E-state index in [1.54, 1.807) is 24.3 Å². The maximum absolute atomic E-state index is 15.1. The second-order valence-corrected chi connectivity index (χ2v) is 10.7. The fourth-order valence-electron chi connectivity index (χ4n) is 4.67. The zero-order valence-corrected chi connectivity index (χ0v) is 25.7. The van der Waals surface area contributed by atoms with Crippen LogP contribution >= 0.6 is 0 Å². The highest BCUT2D eigenvalue weighted by Crippen LogP contribution is 2.29. The molecule has 0 aliphatic carbocycles. The molecule has 2 unspecified atom stereocenters. The minimum Gasteiger partial charge on any atom is -0.406 e. The van der Waals surface area contributed by atoms with Crippen LogP contribution in [0.3, 0.4) is 0 Å². The van der Waals surface area contributed by atoms with Crippen LogP contribution < -0.4 is 25.6 Å². The van der Waals surface area contributed by atoms with E-state index in [1.165, 1.54) is 40.2 Å². The van der Waals surface area contributed by atoms with Crippen molar-refractivity contribution in [3.05, 3.63) is 89.7 Å². The van der Waals surface area contributed by atoms with Crippen molar-refractivity contribution in [2.75, 3.05) is 18.0 Å². The predicted octanol–water partition coefficient (Wildman–Crippen LogP) is 6.13. The van der Waals surface area contributed by atoms with Gasteiger partial charge in [-0.1, -0.05) is 57.2 Å². The molecule has 10 nitrogen and oxygen atoms in total. The van der Waals surface area contributed by atoms with E-state index >= 15 is 4.39 Å². The van der Waals surface area contributed by atoms with E-state index in [1.807, 2.05) is 45.9 Å². The lowest BCUT2D eigenvalue weighted by molar-refractivity contribution is -0.274. The Balaban J connectivity index is 1.36. The summed E-state index contributed by atoms with van der Waals surface area (Å²) >= 11 is 0. The van der Waals surface area contributed by atoms with Gasteiger partial charge in [-0.15, -0.1) is 18.3 Å². The van der Waals surface area contributed by atoms with Crippen molar-refractivity contribution in [3.63, 3.8) is 0 Å². The number of urea groups is 1. The molecular formula is C32H35F4N7O3. The molecule has 46 heavy (non-hydrogen) atoms. The number of amides is 3. The Morgan fingerprint density at radius 2 is 1.76 bits per heavy atom. The SMILES string of the molecule is CCNC(NC(=O)NCC(F)c1ccc(-c2ncn(-c3ccc(OC(F)(F)F)cc3)n2)cc1)N(C=O)c1cc(C)ccc1C(C)C. The zero-order chi connectivity index (χ0) is 33.4. The van der Waals surface area contributed by atoms with Gasteiger partial charge in [0.15, 0.2) is 12.1 Å². The quantitative estimate of drug-likeness (QED) is 0.0920. The number of carbonyl (C=O) groups excluding carboxylic acids is 2. The molecule has 3 amide bonds. The fourth-order valence-corrected chi connectivity index (χ4v) is 4.67. The number of anilines is 1. The third-order valence-corrected chi connectivity index (χ3v) is 6.94. The highest BCUT2D eigenvalue weighted by molar-refractivity contribution is 5.81. The first-order valence-corrected chi connectivity index (χ1v) is 14.5. The monoisotopic (exact) mass is 641 g/mol. The van der Waals surface area contributed by atoms with Crippen LogP contribution in [0.4, 0.5) is 28.0 Å². The van der Waals surface area contributed by atoms with Gasteiger partial charge >= 0.3 is 12.4 Å². The molecule has 0 radical (unpaired) electrons. The largest absolute Gasteiger partial charge is 0.573 e. The van der Waals surface area contributed by atoms with Crippen LogP contribution in [-0.4, -0.2) is 52.9 Å². The van der Waals surface area contributed by atoms with E-state index in [2.05, 4.69) is 30.8 Å². The van der Waals surface area contributed by atoms with Crippen LogP contribution in [-0.2, 0) is 4.79 Å². The molecule has 0 saturated heterocycles. The Morgan fingerprint density at radius 3 is 2.37 bits per heavy atom. The number of nitrogens with one attached hydrogen (secondary N) is 3. The number of hydrogen-bond donors (Lipinski definition) is 3. The minimum atomic E-state index is -4.79. The highest BCUT2D eigenvalue weighted by atomic mass is 19.4. The number of benzene rings is 3. The normalized spacial score (nSPS) is 12.8. The smallest absolute Gasteiger partial charge is 0.406 e. The molecule has 0 saturated carbocycles. The number of halogens is 4. The number of aryl methyl sites for hydroxylation is 1. The molecule has 1 heterocycles. The van der Waals surface area contributed by atoms with E-state index < -0.39 is 24.9 Å². The van der Waals surface area contributed by atoms with Crippen molar-refractivity contribution in [1.82, 2.24) is 30.7 Å². The molecule has 3 aromatic carbocycles. The van der Waals surface area contributed by atoms with Crippen LogP contribution in [0.5, 0.6) is 5.75 Å². The number of hydrogen-bond acceptors (Lipinski definition) is 6. The van der Waals surface area contributed by atoms with Crippen molar-refractivity contribution in [2.45, 2.75) is 52.4 Å². The van der Waals surface area contributed by atoms with Gasteiger partial charge in [0.2, 0.25) is 6.41 Å². The van der Waals surface area contributed by atoms with E-state index in [0.29, 0.717) is 41.3 Å². The second kappa shape index (κ2) is 14.9. The summed E-state index contributed by atoms with van der Waals surface area (Å²) in [6.07, 6.45) is -5.15. The molecule has 2 atom stereocenters. The van der Waals surface area contributed by atoms with E-state index in [0.717, 1.165) is 11.1 Å². The van der Waals surface area contributed by atoms with Gasteiger partial charge in [0.25, 0.3) is 0 Å². The summed E-state index contributed by atoms with van der Waals surface area (Å²) < 4.78 is 57.6. The van der Waals surface area contributed by atoms with Gasteiger partial charge in [0, 0.05) is 5.56 Å². The molecular weight excluding hydrogens is 606 g/mol. The van der Waals surface area contributed by atoms with Crippen molar-refractivity contribution in [1.29, 1.82) is 0 Å². The van der Waals surface area contributed by atoms with Crippen molar-refractivity contribution < 1.29 is 31.9 Å². The van der Waals surface area contributed by atoms with E-state index in [9.17, 15) is 22.8 Å². The third kappa shape index (κ3) is 8.81. The molecule has 0 fully saturated rings. The average Bonchev–Trinajstić information content (AvgIpc) is 3.50. The number of nitrogens with zero attached hydrogens (tertiary/aromatic N) is 4. The van der Waals surface area contributed by atoms with Crippen molar-refractivity contribution >= 4 is 18.1 Å². The predicted molar refractivity (Wildman–Crippen MR) is 165 cm³/mol. The van der Waals surface area contributed by atoms with Gasteiger partial charge in [-0.2, -0.15) is 0 Å². The van der Waals surface area contributed by atoms with Gasteiger partial charge in [0.1, 0.15) is 18.2 Å². The highest BCUT2D eigenvalue weighted by Gasteiger charge is 2.31. The Kier molecular flexibility index (Phi) is 11.0. The van der Waals surface area contributed by atoms with Crippen molar-refractivity contribution in [2.24, 2.45) is 0 Å². The molecule has 0 aliphatic rings. The van der Waals surface area contributed by atoms with Gasteiger partial charge < -0.3 is 15.4 Å². The number of aromatic nitrogens is 3. The topological polar surface area (TPSA) is 113 Å². The van der Waals surface area contributed by atoms with Gasteiger partial charge in [-0.25, -0.2) is 18.9 Å². The Morgan fingerprint density at radius 1 is 1.07 bits per heavy atom. The summed E-state index contributed by atoms with van der Waals surface area (Å²) in [5.74, 6) is 0.0862. The van der Waals surface area contributed by atoms with Crippen LogP contribution in [0.2, 0.25) is 0 Å². The van der Waals surface area contributed by atoms with E-state index in [-0.39, 0.29) is 18.2 Å². The molecule has 14 heteroatoms. The molecule has 3 N–H and O–H groups in total. The molecule has 0 spiro atoms. The van der Waals surface area contributed by atoms with Crippen molar-refractivity contribution in [3.8, 4) is 22.8 Å². The third-order valence-electron chi connectivity index (χ3n) is 6.94. The molecule has 4 aromatic rings. The molecule has 244 valence electrons. The summed E-state index contributed by atoms with van der Waals surface area (Å²) in [5, 5.41) is 12.7. The number of ether oxygens (including phenoxy) is 1. The number of carbonyl (C=O) groups is 2. The first kappa shape index (κ1) is 33.9. The Labute approximate surface area is 263 Å². The summed E-state index contributed by atoms with van der Waals surface area (Å²) in [6.45, 7) is 7.91. The summed E-state index contributed by atoms with van der Waals surface area (Å²) in [6, 6.07) is 16.6. The molecule has 0 aliphatic heterocycles. The van der Waals surface area contributed by atoms with Gasteiger partial charge in [-0.3, -0.25) is 15.0 Å². The van der Waals surface area contributed by atoms with Gasteiger partial charge in [-0.05, 0) is 66.4 Å². The van der Waals surface area contributed by atoms with Crippen LogP contribution in [0.15, 0.2) is 73.1 Å². The lowest BCUT2D eigenvalue weighted by Crippen LogP contribution is -2.59. The number of alkyl halides is 4. The lowest BCUT2D eigenvalue weighted by Gasteiger charge is -2.32. The van der Waals surface area contributed by atoms with E-state index in [4.69, 9.17) is 0 Å². The summed E-state index contributed by atoms with van der Waals surface area (Å²) in [4.78, 5) is 30.6. The molecule has 0 bridgehead atoms. The van der Waals surface area contributed by atoms with Crippen LogP contribution in [0.25, 0.3) is 17.1 Å². The summed E-state index contributed by atoms with van der Waals surface area (Å²) in [7, 11) is 0. The second-order valence-electron chi connectivity index (χ2n) is 10.7. The number of rotatable bonds is 13. The zero-order valence-electron chi connectivity index (χ0n) is 25.7. The molecule has 1 aromatic heterocycles. The lowest BCUT2D eigenvalue weighted by atomic mass is 9.99. The summed E-state index contributed by atoms with van der Waals surface area (Å²) in [5.41, 5.74) is 3.90. The standard InChI is InChI=1S/C32H35F4N7O3/c1-5-37-30(42(19-44)28-16-21(4)6-15-26(28)20(2)3)40-31(45)38-17-27(33)22-7-9-23(10-8-22)29-39-18-43(41-29)24-11-13-25(14-12-24)46-32(34,35)36/h6-16,18-20,27,30,37H,5,17H2,1-4H3,(H2,38,40,45). The molecule has 4 rings (SSSR count). The maximum atomic E-state index is 15.1. The Hall–Kier alpha value is -4.98. The first-order valence-electron chi connectivity index (χ1n) is 14.5. The minimum absolute atomic E-state index is 0.127. The maximum Gasteiger partial charge on any atom is 0.573 e. The van der Waals surface area contributed by atoms with Gasteiger partial charge in [0.05, 0.1) is 17.9 Å². The Bertz CT molecular complexity index is 1610. The average molecular weight is 642 g/mol. The van der Waals surface area contributed by atoms with Crippen LogP contribution in [0, 0.1) is 6.92 Å². The first-order chi connectivity index (χ1) is 21.9. The fraction of sp³-hybridized carbons (Fsp3) is 0.312. The van der Waals surface area contributed by atoms with Crippen LogP contribution in [0.1, 0.15) is 49.6 Å².